The van der Waals surface area contributed by atoms with Crippen LogP contribution in [0.25, 0.3) is 0 Å². The van der Waals surface area contributed by atoms with E-state index in [0.29, 0.717) is 11.7 Å². The third-order valence-corrected chi connectivity index (χ3v) is 3.82. The number of benzene rings is 2. The van der Waals surface area contributed by atoms with Crippen LogP contribution in [0.5, 0.6) is 5.75 Å². The summed E-state index contributed by atoms with van der Waals surface area (Å²) in [6.45, 7) is 6.31. The largest absolute Gasteiger partial charge is 0.484 e. The lowest BCUT2D eigenvalue weighted by Gasteiger charge is -2.16. The van der Waals surface area contributed by atoms with Crippen LogP contribution in [-0.4, -0.2) is 4.92 Å². The van der Waals surface area contributed by atoms with Gasteiger partial charge in [-0.2, -0.15) is 0 Å². The molecule has 0 aliphatic carbocycles. The van der Waals surface area contributed by atoms with E-state index in [1.165, 1.54) is 23.8 Å². The fraction of sp³-hybridized carbons (Fsp3) is 0.333. The highest BCUT2D eigenvalue weighted by molar-refractivity contribution is 6.32. The SMILES string of the molecule is CC(C)Cc1ccc(C(C)Oc2ccc([N+](=O)[O-])cc2Cl)cc1. The summed E-state index contributed by atoms with van der Waals surface area (Å²) < 4.78 is 5.83. The molecule has 0 saturated heterocycles. The first-order valence-corrected chi connectivity index (χ1v) is 7.94. The molecule has 122 valence electrons. The number of rotatable bonds is 6. The van der Waals surface area contributed by atoms with Crippen molar-refractivity contribution in [2.45, 2.75) is 33.3 Å². The summed E-state index contributed by atoms with van der Waals surface area (Å²) in [7, 11) is 0. The maximum absolute atomic E-state index is 10.7. The van der Waals surface area contributed by atoms with Gasteiger partial charge in [-0.05, 0) is 36.5 Å². The average Bonchev–Trinajstić information content (AvgIpc) is 2.49. The second kappa shape index (κ2) is 7.47. The van der Waals surface area contributed by atoms with E-state index in [0.717, 1.165) is 12.0 Å². The van der Waals surface area contributed by atoms with Crippen LogP contribution in [0.15, 0.2) is 42.5 Å². The Morgan fingerprint density at radius 1 is 1.13 bits per heavy atom. The predicted molar refractivity (Wildman–Crippen MR) is 92.1 cm³/mol. The molecule has 2 aromatic rings. The van der Waals surface area contributed by atoms with Crippen LogP contribution in [0.3, 0.4) is 0 Å². The zero-order chi connectivity index (χ0) is 17.0. The molecule has 0 aliphatic heterocycles. The predicted octanol–water partition coefficient (Wildman–Crippen LogP) is 5.59. The lowest BCUT2D eigenvalue weighted by atomic mass is 10.0. The van der Waals surface area contributed by atoms with Gasteiger partial charge < -0.3 is 4.74 Å². The highest BCUT2D eigenvalue weighted by Gasteiger charge is 2.14. The van der Waals surface area contributed by atoms with E-state index in [1.54, 1.807) is 0 Å². The van der Waals surface area contributed by atoms with E-state index in [2.05, 4.69) is 26.0 Å². The molecule has 0 N–H and O–H groups in total. The monoisotopic (exact) mass is 333 g/mol. The number of nitro benzene ring substituents is 1. The van der Waals surface area contributed by atoms with Crippen molar-refractivity contribution in [2.75, 3.05) is 0 Å². The van der Waals surface area contributed by atoms with E-state index in [9.17, 15) is 10.1 Å². The number of halogens is 1. The van der Waals surface area contributed by atoms with E-state index >= 15 is 0 Å². The van der Waals surface area contributed by atoms with E-state index < -0.39 is 4.92 Å². The molecule has 0 aromatic heterocycles. The minimum Gasteiger partial charge on any atom is -0.484 e. The fourth-order valence-electron chi connectivity index (χ4n) is 2.35. The second-order valence-electron chi connectivity index (χ2n) is 5.97. The minimum atomic E-state index is -0.480. The molecule has 2 rings (SSSR count). The lowest BCUT2D eigenvalue weighted by Crippen LogP contribution is -2.04. The molecule has 0 radical (unpaired) electrons. The number of non-ortho nitro benzene ring substituents is 1. The van der Waals surface area contributed by atoms with Gasteiger partial charge in [-0.25, -0.2) is 0 Å². The Bertz CT molecular complexity index is 683. The van der Waals surface area contributed by atoms with Crippen molar-refractivity contribution in [1.29, 1.82) is 0 Å². The quantitative estimate of drug-likeness (QED) is 0.511. The molecule has 0 saturated carbocycles. The smallest absolute Gasteiger partial charge is 0.271 e. The molecule has 4 nitrogen and oxygen atoms in total. The third-order valence-electron chi connectivity index (χ3n) is 3.52. The Morgan fingerprint density at radius 3 is 2.30 bits per heavy atom. The summed E-state index contributed by atoms with van der Waals surface area (Å²) in [6, 6.07) is 12.5. The zero-order valence-electron chi connectivity index (χ0n) is 13.5. The van der Waals surface area contributed by atoms with Gasteiger partial charge in [0.05, 0.1) is 9.95 Å². The van der Waals surface area contributed by atoms with Crippen LogP contribution in [0, 0.1) is 16.0 Å². The molecule has 2 aromatic carbocycles. The molecule has 5 heteroatoms. The maximum Gasteiger partial charge on any atom is 0.271 e. The molecule has 0 amide bonds. The highest BCUT2D eigenvalue weighted by Crippen LogP contribution is 2.32. The molecule has 0 aliphatic rings. The van der Waals surface area contributed by atoms with E-state index in [-0.39, 0.29) is 16.8 Å². The van der Waals surface area contributed by atoms with Crippen LogP contribution < -0.4 is 4.74 Å². The van der Waals surface area contributed by atoms with Crippen molar-refractivity contribution in [3.63, 3.8) is 0 Å². The first kappa shape index (κ1) is 17.3. The average molecular weight is 334 g/mol. The van der Waals surface area contributed by atoms with Gasteiger partial charge >= 0.3 is 0 Å². The van der Waals surface area contributed by atoms with Gasteiger partial charge in [-0.15, -0.1) is 0 Å². The summed E-state index contributed by atoms with van der Waals surface area (Å²) in [4.78, 5) is 10.2. The summed E-state index contributed by atoms with van der Waals surface area (Å²) in [5, 5.41) is 11.0. The minimum absolute atomic E-state index is 0.0481. The molecule has 0 spiro atoms. The van der Waals surface area contributed by atoms with Crippen molar-refractivity contribution in [2.24, 2.45) is 5.92 Å². The number of hydrogen-bond donors (Lipinski definition) is 0. The second-order valence-corrected chi connectivity index (χ2v) is 6.38. The molecule has 0 fully saturated rings. The van der Waals surface area contributed by atoms with Crippen LogP contribution in [0.1, 0.15) is 38.0 Å². The van der Waals surface area contributed by atoms with Crippen LogP contribution >= 0.6 is 11.6 Å². The Hall–Kier alpha value is -2.07. The number of nitrogens with zero attached hydrogens (tertiary/aromatic N) is 1. The van der Waals surface area contributed by atoms with Crippen molar-refractivity contribution < 1.29 is 9.66 Å². The van der Waals surface area contributed by atoms with Crippen molar-refractivity contribution >= 4 is 17.3 Å². The van der Waals surface area contributed by atoms with Crippen molar-refractivity contribution in [1.82, 2.24) is 0 Å². The van der Waals surface area contributed by atoms with E-state index in [4.69, 9.17) is 16.3 Å². The summed E-state index contributed by atoms with van der Waals surface area (Å²) in [6.07, 6.45) is 0.853. The van der Waals surface area contributed by atoms with Gasteiger partial charge in [0.2, 0.25) is 0 Å². The Kier molecular flexibility index (Phi) is 5.61. The normalized spacial score (nSPS) is 12.2. The molecular formula is C18H20ClNO3. The molecule has 1 unspecified atom stereocenters. The first-order valence-electron chi connectivity index (χ1n) is 7.56. The van der Waals surface area contributed by atoms with Gasteiger partial charge in [0, 0.05) is 12.1 Å². The van der Waals surface area contributed by atoms with Gasteiger partial charge in [0.25, 0.3) is 5.69 Å². The van der Waals surface area contributed by atoms with E-state index in [1.807, 2.05) is 19.1 Å². The lowest BCUT2D eigenvalue weighted by molar-refractivity contribution is -0.384. The van der Waals surface area contributed by atoms with Crippen molar-refractivity contribution in [3.8, 4) is 5.75 Å². The summed E-state index contributed by atoms with van der Waals surface area (Å²) >= 11 is 6.06. The number of ether oxygens (including phenoxy) is 1. The van der Waals surface area contributed by atoms with Crippen molar-refractivity contribution in [3.05, 3.63) is 68.7 Å². The fourth-order valence-corrected chi connectivity index (χ4v) is 2.57. The van der Waals surface area contributed by atoms with Gasteiger partial charge in [-0.1, -0.05) is 49.7 Å². The molecule has 1 atom stereocenters. The third kappa shape index (κ3) is 4.70. The molecular weight excluding hydrogens is 314 g/mol. The Morgan fingerprint density at radius 2 is 1.78 bits per heavy atom. The van der Waals surface area contributed by atoms with Crippen LogP contribution in [-0.2, 0) is 6.42 Å². The van der Waals surface area contributed by atoms with Gasteiger partial charge in [0.15, 0.2) is 0 Å². The molecule has 0 bridgehead atoms. The molecule has 0 heterocycles. The first-order chi connectivity index (χ1) is 10.9. The summed E-state index contributed by atoms with van der Waals surface area (Å²) in [5.41, 5.74) is 2.28. The van der Waals surface area contributed by atoms with Gasteiger partial charge in [-0.3, -0.25) is 10.1 Å². The topological polar surface area (TPSA) is 52.4 Å². The molecule has 23 heavy (non-hydrogen) atoms. The Labute approximate surface area is 141 Å². The standard InChI is InChI=1S/C18H20ClNO3/c1-12(2)10-14-4-6-15(7-5-14)13(3)23-18-9-8-16(20(21)22)11-17(18)19/h4-9,11-13H,10H2,1-3H3. The number of nitro groups is 1. The number of hydrogen-bond acceptors (Lipinski definition) is 3. The summed E-state index contributed by atoms with van der Waals surface area (Å²) in [5.74, 6) is 1.06. The maximum atomic E-state index is 10.7. The van der Waals surface area contributed by atoms with Crippen LogP contribution in [0.2, 0.25) is 5.02 Å². The Balaban J connectivity index is 2.09. The van der Waals surface area contributed by atoms with Gasteiger partial charge in [0.1, 0.15) is 11.9 Å². The van der Waals surface area contributed by atoms with Crippen LogP contribution in [0.4, 0.5) is 5.69 Å². The highest BCUT2D eigenvalue weighted by atomic mass is 35.5. The zero-order valence-corrected chi connectivity index (χ0v) is 14.2.